The van der Waals surface area contributed by atoms with Gasteiger partial charge in [0.15, 0.2) is 4.73 Å². The number of ether oxygens (including phenoxy) is 2. The number of hydrogen-bond acceptors (Lipinski definition) is 6. The summed E-state index contributed by atoms with van der Waals surface area (Å²) in [6.45, 7) is 16.0. The number of nitrogens with zero attached hydrogens (tertiary/aromatic N) is 4. The minimum absolute atomic E-state index is 0.126. The molecule has 0 aromatic carbocycles. The Bertz CT molecular complexity index is 1430. The zero-order chi connectivity index (χ0) is 27.2. The first-order valence-electron chi connectivity index (χ1n) is 12.3. The van der Waals surface area contributed by atoms with Crippen LogP contribution in [-0.4, -0.2) is 58.4 Å². The van der Waals surface area contributed by atoms with E-state index >= 15 is 0 Å². The number of halogens is 1. The summed E-state index contributed by atoms with van der Waals surface area (Å²) in [5.74, 6) is 0. The standard InChI is InChI=1S/C12H18BrN3O2Si.C12H19N3O2Si/c1-19(2,3)7-6-18-8-16-10-9(15-12(16)13)4-5-14-11(10)17;1-18(2,3)7-6-17-9-15-8-14-10-4-5-13-12(16)11(10)15/h4-5H,6-8H2,1-3H3,(H,14,17);4-5,8H,6-7,9H2,1-3H3,(H,13,16). The van der Waals surface area contributed by atoms with E-state index < -0.39 is 16.1 Å². The number of hydrogen-bond donors (Lipinski definition) is 2. The van der Waals surface area contributed by atoms with Gasteiger partial charge in [0.1, 0.15) is 24.5 Å². The van der Waals surface area contributed by atoms with Gasteiger partial charge in [0.05, 0.1) is 17.4 Å². The number of nitrogens with one attached hydrogen (secondary N) is 2. The van der Waals surface area contributed by atoms with Crippen LogP contribution in [0.2, 0.25) is 51.4 Å². The lowest BCUT2D eigenvalue weighted by atomic mass is 10.4. The van der Waals surface area contributed by atoms with Gasteiger partial charge in [-0.15, -0.1) is 0 Å². The van der Waals surface area contributed by atoms with Gasteiger partial charge in [0, 0.05) is 41.8 Å². The maximum atomic E-state index is 11.8. The average molecular weight is 610 g/mol. The lowest BCUT2D eigenvalue weighted by Crippen LogP contribution is -2.22. The van der Waals surface area contributed by atoms with Crippen LogP contribution in [0, 0.1) is 0 Å². The molecule has 4 aromatic rings. The quantitative estimate of drug-likeness (QED) is 0.196. The highest BCUT2D eigenvalue weighted by atomic mass is 79.9. The smallest absolute Gasteiger partial charge is 0.274 e. The molecule has 0 aliphatic carbocycles. The lowest BCUT2D eigenvalue weighted by Gasteiger charge is -2.15. The van der Waals surface area contributed by atoms with Crippen molar-refractivity contribution in [3.63, 3.8) is 0 Å². The Balaban J connectivity index is 0.000000206. The zero-order valence-corrected chi connectivity index (χ0v) is 26.0. The highest BCUT2D eigenvalue weighted by Gasteiger charge is 2.15. The molecular weight excluding hydrogens is 572 g/mol. The molecule has 0 amide bonds. The third-order valence-corrected chi connectivity index (χ3v) is 9.61. The molecule has 0 saturated heterocycles. The second-order valence-electron chi connectivity index (χ2n) is 11.3. The summed E-state index contributed by atoms with van der Waals surface area (Å²) in [5, 5.41) is 0. The van der Waals surface area contributed by atoms with Crippen molar-refractivity contribution in [2.75, 3.05) is 13.2 Å². The fourth-order valence-corrected chi connectivity index (χ4v) is 5.37. The monoisotopic (exact) mass is 608 g/mol. The van der Waals surface area contributed by atoms with Gasteiger partial charge in [0.2, 0.25) is 0 Å². The van der Waals surface area contributed by atoms with Gasteiger partial charge in [-0.3, -0.25) is 14.2 Å². The normalized spacial score (nSPS) is 12.2. The summed E-state index contributed by atoms with van der Waals surface area (Å²) in [6.07, 6.45) is 4.85. The van der Waals surface area contributed by atoms with Gasteiger partial charge in [-0.05, 0) is 40.2 Å². The number of rotatable bonds is 10. The highest BCUT2D eigenvalue weighted by molar-refractivity contribution is 9.10. The Morgan fingerprint density at radius 1 is 0.838 bits per heavy atom. The number of pyridine rings is 2. The molecule has 0 radical (unpaired) electrons. The minimum atomic E-state index is -1.09. The molecule has 13 heteroatoms. The van der Waals surface area contributed by atoms with Crippen molar-refractivity contribution in [2.45, 2.75) is 64.8 Å². The van der Waals surface area contributed by atoms with Crippen molar-refractivity contribution < 1.29 is 9.47 Å². The molecule has 4 heterocycles. The Morgan fingerprint density at radius 3 is 1.97 bits per heavy atom. The van der Waals surface area contributed by atoms with E-state index in [1.54, 1.807) is 40.0 Å². The summed E-state index contributed by atoms with van der Waals surface area (Å²) in [7, 11) is -2.15. The molecule has 202 valence electrons. The molecule has 4 aromatic heterocycles. The maximum Gasteiger partial charge on any atom is 0.274 e. The Labute approximate surface area is 226 Å². The summed E-state index contributed by atoms with van der Waals surface area (Å²) >= 11 is 3.36. The molecule has 0 aliphatic rings. The van der Waals surface area contributed by atoms with Crippen molar-refractivity contribution in [3.05, 3.63) is 56.3 Å². The SMILES string of the molecule is C[Si](C)(C)CCOCn1c(Br)nc2cc[nH]c(=O)c21.C[Si](C)(C)CCOCn1cnc2cc[nH]c(=O)c21. The Hall–Kier alpha value is -2.33. The number of aromatic amines is 2. The van der Waals surface area contributed by atoms with Gasteiger partial charge < -0.3 is 24.0 Å². The summed E-state index contributed by atoms with van der Waals surface area (Å²) in [6, 6.07) is 5.79. The second kappa shape index (κ2) is 12.5. The Kier molecular flexibility index (Phi) is 9.86. The molecule has 0 bridgehead atoms. The molecule has 0 spiro atoms. The lowest BCUT2D eigenvalue weighted by molar-refractivity contribution is 0.0882. The first-order valence-corrected chi connectivity index (χ1v) is 20.5. The third-order valence-electron chi connectivity index (χ3n) is 5.60. The minimum Gasteiger partial charge on any atom is -0.361 e. The summed E-state index contributed by atoms with van der Waals surface area (Å²) in [5.41, 5.74) is 2.22. The van der Waals surface area contributed by atoms with E-state index in [9.17, 15) is 9.59 Å². The number of H-pyrrole nitrogens is 2. The molecule has 0 fully saturated rings. The van der Waals surface area contributed by atoms with Crippen LogP contribution in [-0.2, 0) is 22.9 Å². The fraction of sp³-hybridized carbons (Fsp3) is 0.500. The first kappa shape index (κ1) is 29.2. The second-order valence-corrected chi connectivity index (χ2v) is 23.3. The molecular formula is C24H37BrN6O4Si2. The highest BCUT2D eigenvalue weighted by Crippen LogP contribution is 2.17. The van der Waals surface area contributed by atoms with E-state index in [1.165, 1.54) is 0 Å². The van der Waals surface area contributed by atoms with Crippen LogP contribution >= 0.6 is 15.9 Å². The molecule has 2 N–H and O–H groups in total. The summed E-state index contributed by atoms with van der Waals surface area (Å²) < 4.78 is 15.4. The average Bonchev–Trinajstić information content (AvgIpc) is 3.35. The molecule has 4 rings (SSSR count). The molecule has 37 heavy (non-hydrogen) atoms. The number of imidazole rings is 2. The van der Waals surface area contributed by atoms with E-state index in [1.807, 2.05) is 0 Å². The fourth-order valence-electron chi connectivity index (χ4n) is 3.39. The van der Waals surface area contributed by atoms with Gasteiger partial charge >= 0.3 is 0 Å². The van der Waals surface area contributed by atoms with Crippen molar-refractivity contribution >= 4 is 54.1 Å². The predicted octanol–water partition coefficient (Wildman–Crippen LogP) is 4.84. The summed E-state index contributed by atoms with van der Waals surface area (Å²) in [4.78, 5) is 37.3. The van der Waals surface area contributed by atoms with E-state index in [4.69, 9.17) is 9.47 Å². The molecule has 0 saturated carbocycles. The number of fused-ring (bicyclic) bond motifs is 2. The van der Waals surface area contributed by atoms with Crippen LogP contribution in [0.4, 0.5) is 0 Å². The van der Waals surface area contributed by atoms with Crippen LogP contribution in [0.25, 0.3) is 22.1 Å². The van der Waals surface area contributed by atoms with Gasteiger partial charge in [-0.25, -0.2) is 9.97 Å². The van der Waals surface area contributed by atoms with Crippen LogP contribution in [0.3, 0.4) is 0 Å². The van der Waals surface area contributed by atoms with Gasteiger partial charge in [0.25, 0.3) is 11.1 Å². The van der Waals surface area contributed by atoms with E-state index in [2.05, 4.69) is 75.1 Å². The van der Waals surface area contributed by atoms with E-state index in [0.29, 0.717) is 46.9 Å². The van der Waals surface area contributed by atoms with Gasteiger partial charge in [-0.1, -0.05) is 39.3 Å². The molecule has 0 unspecified atom stereocenters. The van der Waals surface area contributed by atoms with Crippen LogP contribution in [0.1, 0.15) is 0 Å². The number of aromatic nitrogens is 6. The zero-order valence-electron chi connectivity index (χ0n) is 22.4. The predicted molar refractivity (Wildman–Crippen MR) is 157 cm³/mol. The Morgan fingerprint density at radius 2 is 1.38 bits per heavy atom. The third kappa shape index (κ3) is 8.60. The van der Waals surface area contributed by atoms with Crippen molar-refractivity contribution in [2.24, 2.45) is 0 Å². The van der Waals surface area contributed by atoms with Crippen molar-refractivity contribution in [1.29, 1.82) is 0 Å². The largest absolute Gasteiger partial charge is 0.361 e. The maximum absolute atomic E-state index is 11.8. The topological polar surface area (TPSA) is 120 Å². The van der Waals surface area contributed by atoms with E-state index in [0.717, 1.165) is 18.7 Å². The van der Waals surface area contributed by atoms with E-state index in [-0.39, 0.29) is 11.1 Å². The molecule has 10 nitrogen and oxygen atoms in total. The molecule has 0 aliphatic heterocycles. The van der Waals surface area contributed by atoms with Crippen LogP contribution < -0.4 is 11.1 Å². The van der Waals surface area contributed by atoms with Crippen LogP contribution in [0.5, 0.6) is 0 Å². The molecule has 0 atom stereocenters. The van der Waals surface area contributed by atoms with Crippen molar-refractivity contribution in [3.8, 4) is 0 Å². The van der Waals surface area contributed by atoms with Gasteiger partial charge in [-0.2, -0.15) is 0 Å². The van der Waals surface area contributed by atoms with Crippen molar-refractivity contribution in [1.82, 2.24) is 29.1 Å². The first-order chi connectivity index (χ1) is 17.4. The van der Waals surface area contributed by atoms with Crippen LogP contribution in [0.15, 0.2) is 45.2 Å².